The molecule has 32 heavy (non-hydrogen) atoms. The van der Waals surface area contributed by atoms with Crippen molar-refractivity contribution in [3.8, 4) is 0 Å². The second kappa shape index (κ2) is 8.67. The Balaban J connectivity index is 1.21. The zero-order valence-electron chi connectivity index (χ0n) is 19.0. The largest absolute Gasteiger partial charge is 0.332 e. The summed E-state index contributed by atoms with van der Waals surface area (Å²) < 4.78 is 0. The first-order valence-electron chi connectivity index (χ1n) is 11.6. The Labute approximate surface area is 189 Å². The van der Waals surface area contributed by atoms with Crippen molar-refractivity contribution in [1.82, 2.24) is 29.8 Å². The molecule has 2 unspecified atom stereocenters. The molecule has 2 amide bonds. The number of nitrogens with one attached hydrogen (secondary N) is 1. The zero-order chi connectivity index (χ0) is 22.2. The number of piperazine rings is 2. The highest BCUT2D eigenvalue weighted by molar-refractivity contribution is 5.96. The van der Waals surface area contributed by atoms with Gasteiger partial charge in [0.15, 0.2) is 0 Å². The van der Waals surface area contributed by atoms with Crippen LogP contribution < -0.4 is 0 Å². The van der Waals surface area contributed by atoms with Gasteiger partial charge < -0.3 is 14.7 Å². The molecule has 4 aliphatic heterocycles. The molecule has 0 radical (unpaired) electrons. The van der Waals surface area contributed by atoms with E-state index in [2.05, 4.69) is 39.2 Å². The van der Waals surface area contributed by atoms with Crippen molar-refractivity contribution in [2.45, 2.75) is 38.4 Å². The number of fused-ring (bicyclic) bond motifs is 3. The molecular weight excluding hydrogens is 404 g/mol. The zero-order valence-corrected chi connectivity index (χ0v) is 19.0. The average Bonchev–Trinajstić information content (AvgIpc) is 3.26. The third-order valence-corrected chi connectivity index (χ3v) is 7.18. The van der Waals surface area contributed by atoms with E-state index in [1.165, 1.54) is 5.56 Å². The molecule has 6 rings (SSSR count). The standard InChI is InChI=1S/C24H32N6O2/c1-17-13-22(26-25-17)24(32)30-16-20-7-8-21(30)15-29(20)23(31)19-5-3-18(4-6-19)14-28-11-9-27(2)10-12-28/h3-6,13,20-21H,7-12,14-16H2,1-2H3,(H,25,26). The maximum atomic E-state index is 13.3. The molecule has 170 valence electrons. The number of aryl methyl sites for hydroxylation is 1. The van der Waals surface area contributed by atoms with Gasteiger partial charge in [0.25, 0.3) is 11.8 Å². The number of likely N-dealkylation sites (N-methyl/N-ethyl adjacent to an activating group) is 1. The lowest BCUT2D eigenvalue weighted by molar-refractivity contribution is -0.00634. The van der Waals surface area contributed by atoms with Crippen LogP contribution >= 0.6 is 0 Å². The Morgan fingerprint density at radius 3 is 2.16 bits per heavy atom. The van der Waals surface area contributed by atoms with Crippen molar-refractivity contribution in [2.24, 2.45) is 0 Å². The van der Waals surface area contributed by atoms with Crippen LogP contribution in [0.5, 0.6) is 0 Å². The van der Waals surface area contributed by atoms with Crippen LogP contribution in [0.1, 0.15) is 44.9 Å². The number of aromatic amines is 1. The molecule has 0 saturated carbocycles. The summed E-state index contributed by atoms with van der Waals surface area (Å²) in [4.78, 5) is 34.9. The monoisotopic (exact) mass is 436 g/mol. The van der Waals surface area contributed by atoms with E-state index in [1.807, 2.05) is 28.9 Å². The van der Waals surface area contributed by atoms with Gasteiger partial charge in [-0.25, -0.2) is 0 Å². The number of carbonyl (C=O) groups excluding carboxylic acids is 2. The molecule has 1 N–H and O–H groups in total. The van der Waals surface area contributed by atoms with Gasteiger partial charge in [0.05, 0.1) is 0 Å². The van der Waals surface area contributed by atoms with Gasteiger partial charge in [-0.15, -0.1) is 0 Å². The van der Waals surface area contributed by atoms with E-state index in [0.717, 1.165) is 56.8 Å². The summed E-state index contributed by atoms with van der Waals surface area (Å²) in [6.45, 7) is 8.39. The van der Waals surface area contributed by atoms with Gasteiger partial charge in [0.2, 0.25) is 0 Å². The molecular formula is C24H32N6O2. The highest BCUT2D eigenvalue weighted by atomic mass is 16.2. The lowest BCUT2D eigenvalue weighted by Crippen LogP contribution is -2.65. The van der Waals surface area contributed by atoms with Crippen LogP contribution in [0.25, 0.3) is 0 Å². The van der Waals surface area contributed by atoms with E-state index in [4.69, 9.17) is 0 Å². The first-order chi connectivity index (χ1) is 15.5. The van der Waals surface area contributed by atoms with E-state index < -0.39 is 0 Å². The Bertz CT molecular complexity index is 979. The van der Waals surface area contributed by atoms with E-state index in [-0.39, 0.29) is 23.9 Å². The van der Waals surface area contributed by atoms with Crippen molar-refractivity contribution in [2.75, 3.05) is 46.3 Å². The van der Waals surface area contributed by atoms with Crippen LogP contribution in [-0.2, 0) is 6.54 Å². The third-order valence-electron chi connectivity index (χ3n) is 7.18. The molecule has 4 aliphatic rings. The average molecular weight is 437 g/mol. The van der Waals surface area contributed by atoms with Crippen LogP contribution in [-0.4, -0.2) is 100 Å². The topological polar surface area (TPSA) is 75.8 Å². The lowest BCUT2D eigenvalue weighted by atomic mass is 9.89. The fourth-order valence-electron chi connectivity index (χ4n) is 5.18. The second-order valence-corrected chi connectivity index (χ2v) is 9.51. The smallest absolute Gasteiger partial charge is 0.274 e. The number of H-pyrrole nitrogens is 1. The van der Waals surface area contributed by atoms with E-state index in [0.29, 0.717) is 18.8 Å². The predicted molar refractivity (Wildman–Crippen MR) is 121 cm³/mol. The summed E-state index contributed by atoms with van der Waals surface area (Å²) >= 11 is 0. The van der Waals surface area contributed by atoms with Gasteiger partial charge >= 0.3 is 0 Å². The minimum atomic E-state index is -0.0376. The second-order valence-electron chi connectivity index (χ2n) is 9.51. The first kappa shape index (κ1) is 21.2. The van der Waals surface area contributed by atoms with Gasteiger partial charge in [0, 0.05) is 69.2 Å². The predicted octanol–water partition coefficient (Wildman–Crippen LogP) is 1.59. The number of piperidine rings is 2. The maximum Gasteiger partial charge on any atom is 0.274 e. The molecule has 1 aromatic carbocycles. The van der Waals surface area contributed by atoms with Gasteiger partial charge in [-0.05, 0) is 50.6 Å². The Morgan fingerprint density at radius 2 is 1.59 bits per heavy atom. The van der Waals surface area contributed by atoms with Crippen LogP contribution in [0.15, 0.2) is 30.3 Å². The number of benzene rings is 1. The Morgan fingerprint density at radius 1 is 0.969 bits per heavy atom. The summed E-state index contributed by atoms with van der Waals surface area (Å²) in [6.07, 6.45) is 1.88. The molecule has 8 heteroatoms. The molecule has 2 bridgehead atoms. The molecule has 8 nitrogen and oxygen atoms in total. The molecule has 2 aromatic rings. The van der Waals surface area contributed by atoms with Gasteiger partial charge in [-0.2, -0.15) is 5.10 Å². The van der Waals surface area contributed by atoms with Crippen molar-refractivity contribution in [3.63, 3.8) is 0 Å². The number of nitrogens with zero attached hydrogens (tertiary/aromatic N) is 5. The molecule has 0 aliphatic carbocycles. The van der Waals surface area contributed by atoms with Crippen molar-refractivity contribution in [1.29, 1.82) is 0 Å². The summed E-state index contributed by atoms with van der Waals surface area (Å²) in [6, 6.07) is 10.0. The van der Waals surface area contributed by atoms with E-state index >= 15 is 0 Å². The van der Waals surface area contributed by atoms with Crippen LogP contribution in [0.3, 0.4) is 0 Å². The highest BCUT2D eigenvalue weighted by Crippen LogP contribution is 2.31. The molecule has 0 spiro atoms. The molecule has 5 heterocycles. The third kappa shape index (κ3) is 4.17. The van der Waals surface area contributed by atoms with Crippen molar-refractivity contribution in [3.05, 3.63) is 52.8 Å². The maximum absolute atomic E-state index is 13.3. The number of carbonyl (C=O) groups is 2. The normalized spacial score (nSPS) is 24.2. The molecule has 4 saturated heterocycles. The van der Waals surface area contributed by atoms with Gasteiger partial charge in [-0.1, -0.05) is 12.1 Å². The fourth-order valence-corrected chi connectivity index (χ4v) is 5.18. The SMILES string of the molecule is Cc1cc(C(=O)N2CC3CCC2CN3C(=O)c2ccc(CN3CCN(C)CC3)cc2)n[nH]1. The highest BCUT2D eigenvalue weighted by Gasteiger charge is 2.43. The first-order valence-corrected chi connectivity index (χ1v) is 11.6. The fraction of sp³-hybridized carbons (Fsp3) is 0.542. The van der Waals surface area contributed by atoms with E-state index in [9.17, 15) is 9.59 Å². The van der Waals surface area contributed by atoms with Crippen molar-refractivity contribution < 1.29 is 9.59 Å². The van der Waals surface area contributed by atoms with E-state index in [1.54, 1.807) is 6.07 Å². The van der Waals surface area contributed by atoms with Gasteiger partial charge in [0.1, 0.15) is 5.69 Å². The van der Waals surface area contributed by atoms with Gasteiger partial charge in [-0.3, -0.25) is 19.6 Å². The Hall–Kier alpha value is -2.71. The quantitative estimate of drug-likeness (QED) is 0.788. The molecule has 4 fully saturated rings. The summed E-state index contributed by atoms with van der Waals surface area (Å²) in [5, 5.41) is 6.97. The summed E-state index contributed by atoms with van der Waals surface area (Å²) in [7, 11) is 2.16. The lowest BCUT2D eigenvalue weighted by Gasteiger charge is -2.51. The van der Waals surface area contributed by atoms with Crippen LogP contribution in [0.4, 0.5) is 0 Å². The number of hydrogen-bond acceptors (Lipinski definition) is 5. The Kier molecular flexibility index (Phi) is 5.73. The minimum Gasteiger partial charge on any atom is -0.332 e. The summed E-state index contributed by atoms with van der Waals surface area (Å²) in [5.74, 6) is 0.0398. The number of hydrogen-bond donors (Lipinski definition) is 1. The number of aromatic nitrogens is 2. The molecule has 2 atom stereocenters. The molecule has 1 aromatic heterocycles. The van der Waals surface area contributed by atoms with Crippen LogP contribution in [0.2, 0.25) is 0 Å². The summed E-state index contributed by atoms with van der Waals surface area (Å²) in [5.41, 5.74) is 3.32. The number of rotatable bonds is 4. The van der Waals surface area contributed by atoms with Crippen LogP contribution in [0, 0.1) is 6.92 Å². The van der Waals surface area contributed by atoms with Crippen molar-refractivity contribution >= 4 is 11.8 Å². The number of amides is 2. The minimum absolute atomic E-state index is 0.0376.